The van der Waals surface area contributed by atoms with Gasteiger partial charge in [0.25, 0.3) is 0 Å². The van der Waals surface area contributed by atoms with Crippen LogP contribution in [-0.2, 0) is 35.9 Å². The molecule has 3 rings (SSSR count). The molecule has 0 heterocycles. The van der Waals surface area contributed by atoms with E-state index in [-0.39, 0.29) is 20.4 Å². The van der Waals surface area contributed by atoms with E-state index in [0.29, 0.717) is 29.9 Å². The van der Waals surface area contributed by atoms with Gasteiger partial charge in [-0.2, -0.15) is 0 Å². The Hall–Kier alpha value is -1.17. The van der Waals surface area contributed by atoms with Gasteiger partial charge in [0.2, 0.25) is 0 Å². The van der Waals surface area contributed by atoms with E-state index in [9.17, 15) is 0 Å². The number of aliphatic carboxylic acids is 1. The molecule has 0 saturated carbocycles. The van der Waals surface area contributed by atoms with Crippen molar-refractivity contribution in [2.24, 2.45) is 0 Å². The summed E-state index contributed by atoms with van der Waals surface area (Å²) in [6.07, 6.45) is 0. The third kappa shape index (κ3) is 10.7. The van der Waals surface area contributed by atoms with Crippen molar-refractivity contribution in [1.82, 2.24) is 0 Å². The number of carbonyl (C=O) groups is 1. The van der Waals surface area contributed by atoms with Crippen LogP contribution in [-0.4, -0.2) is 35.9 Å². The summed E-state index contributed by atoms with van der Waals surface area (Å²) in [5, 5.41) is 11.2. The molecule has 2 nitrogen and oxygen atoms in total. The van der Waals surface area contributed by atoms with Crippen molar-refractivity contribution in [3.63, 3.8) is 0 Å². The molecule has 0 radical (unpaired) electrons. The van der Waals surface area contributed by atoms with E-state index in [2.05, 4.69) is 84.9 Å². The van der Waals surface area contributed by atoms with Crippen LogP contribution in [0.1, 0.15) is 18.1 Å². The minimum atomic E-state index is -1.08. The van der Waals surface area contributed by atoms with Gasteiger partial charge in [0.1, 0.15) is 0 Å². The van der Waals surface area contributed by atoms with Crippen LogP contribution in [0.3, 0.4) is 0 Å². The zero-order chi connectivity index (χ0) is 18.6. The Balaban J connectivity index is 0.000000666. The first kappa shape index (κ1) is 23.9. The standard InChI is InChI=1S/C20H17Se2.C2H4O2.Pd/c1-3-10-19(11-4-1)21-15-17-8-7-9-18(14-17)16-22-20-12-5-2-6-13-20;1-2(3)4;/h1-6,8-14H,15-16H2;1H3,(H,3,4);/q-1;;+2/p-1. The SMILES string of the molecule is CC(=O)[O-].[Pd+2].[c-]1cc(C[Se]c2ccccc2)cc(C[Se]c2ccccc2)c1. The second-order valence-corrected chi connectivity index (χ2v) is 9.85. The number of benzene rings is 3. The number of hydrogen-bond donors (Lipinski definition) is 0. The third-order valence-corrected chi connectivity index (χ3v) is 7.75. The molecule has 0 saturated heterocycles. The molecular weight excluding hydrogens is 561 g/mol. The molecule has 3 aromatic carbocycles. The van der Waals surface area contributed by atoms with Crippen LogP contribution >= 0.6 is 0 Å². The molecule has 0 amide bonds. The summed E-state index contributed by atoms with van der Waals surface area (Å²) in [6, 6.07) is 31.6. The van der Waals surface area contributed by atoms with Gasteiger partial charge in [-0.1, -0.05) is 0 Å². The Labute approximate surface area is 187 Å². The monoisotopic (exact) mass is 582 g/mol. The van der Waals surface area contributed by atoms with Crippen LogP contribution in [0.15, 0.2) is 78.9 Å². The summed E-state index contributed by atoms with van der Waals surface area (Å²) < 4.78 is 2.93. The Kier molecular flexibility index (Phi) is 12.3. The van der Waals surface area contributed by atoms with Crippen molar-refractivity contribution in [2.75, 3.05) is 0 Å². The Bertz CT molecular complexity index is 733. The number of carbonyl (C=O) groups excluding carboxylic acids is 1. The second kappa shape index (κ2) is 13.9. The van der Waals surface area contributed by atoms with E-state index in [0.717, 1.165) is 17.6 Å². The molecule has 0 aliphatic carbocycles. The van der Waals surface area contributed by atoms with Gasteiger partial charge in [0.05, 0.1) is 0 Å². The minimum absolute atomic E-state index is 0. The maximum atomic E-state index is 8.89. The van der Waals surface area contributed by atoms with E-state index in [4.69, 9.17) is 9.90 Å². The first-order valence-electron chi connectivity index (χ1n) is 8.15. The molecule has 5 heteroatoms. The van der Waals surface area contributed by atoms with Gasteiger partial charge in [0, 0.05) is 5.97 Å². The summed E-state index contributed by atoms with van der Waals surface area (Å²) in [6.45, 7) is 0.972. The molecule has 0 fully saturated rings. The van der Waals surface area contributed by atoms with Crippen molar-refractivity contribution < 1.29 is 30.3 Å². The summed E-state index contributed by atoms with van der Waals surface area (Å²) in [5.41, 5.74) is 2.84. The Morgan fingerprint density at radius 2 is 1.22 bits per heavy atom. The average molecular weight is 581 g/mol. The topological polar surface area (TPSA) is 40.1 Å². The predicted molar refractivity (Wildman–Crippen MR) is 107 cm³/mol. The zero-order valence-electron chi connectivity index (χ0n) is 14.9. The molecule has 0 unspecified atom stereocenters. The molecule has 0 N–H and O–H groups in total. The van der Waals surface area contributed by atoms with Crippen LogP contribution in [0.2, 0.25) is 0 Å². The van der Waals surface area contributed by atoms with Crippen molar-refractivity contribution in [2.45, 2.75) is 17.6 Å². The Morgan fingerprint density at radius 3 is 1.59 bits per heavy atom. The molecular formula is C22H20O2PdSe2. The molecule has 3 aromatic rings. The zero-order valence-corrected chi connectivity index (χ0v) is 19.8. The van der Waals surface area contributed by atoms with E-state index in [1.54, 1.807) is 0 Å². The van der Waals surface area contributed by atoms with Gasteiger partial charge in [-0.25, -0.2) is 0 Å². The fourth-order valence-corrected chi connectivity index (χ4v) is 5.68. The number of hydrogen-bond acceptors (Lipinski definition) is 2. The van der Waals surface area contributed by atoms with Gasteiger partial charge in [0.15, 0.2) is 0 Å². The fraction of sp³-hybridized carbons (Fsp3) is 0.136. The van der Waals surface area contributed by atoms with E-state index in [1.165, 1.54) is 20.1 Å². The quantitative estimate of drug-likeness (QED) is 0.326. The molecule has 0 aromatic heterocycles. The van der Waals surface area contributed by atoms with Crippen LogP contribution in [0.4, 0.5) is 0 Å². The van der Waals surface area contributed by atoms with Gasteiger partial charge in [-0.15, -0.1) is 0 Å². The number of carboxylic acids is 1. The third-order valence-electron chi connectivity index (χ3n) is 3.21. The van der Waals surface area contributed by atoms with Gasteiger partial charge in [-0.05, 0) is 6.92 Å². The Morgan fingerprint density at radius 1 is 0.852 bits per heavy atom. The van der Waals surface area contributed by atoms with Crippen LogP contribution in [0.5, 0.6) is 0 Å². The van der Waals surface area contributed by atoms with E-state index < -0.39 is 5.97 Å². The molecule has 0 aliphatic rings. The molecule has 0 spiro atoms. The first-order chi connectivity index (χ1) is 12.6. The summed E-state index contributed by atoms with van der Waals surface area (Å²) in [5.74, 6) is -1.08. The average Bonchev–Trinajstić information content (AvgIpc) is 2.66. The summed E-state index contributed by atoms with van der Waals surface area (Å²) in [7, 11) is 0. The molecule has 0 atom stereocenters. The van der Waals surface area contributed by atoms with Crippen LogP contribution in [0.25, 0.3) is 0 Å². The predicted octanol–water partition coefficient (Wildman–Crippen LogP) is 1.30. The van der Waals surface area contributed by atoms with Crippen molar-refractivity contribution in [3.05, 3.63) is 96.1 Å². The van der Waals surface area contributed by atoms with Crippen LogP contribution < -0.4 is 14.0 Å². The second-order valence-electron chi connectivity index (χ2n) is 5.44. The van der Waals surface area contributed by atoms with Gasteiger partial charge in [-0.3, -0.25) is 0 Å². The maximum absolute atomic E-state index is 8.89. The number of carboxylic acid groups (broad SMARTS) is 1. The normalized spacial score (nSPS) is 9.52. The van der Waals surface area contributed by atoms with E-state index >= 15 is 0 Å². The fourth-order valence-electron chi connectivity index (χ4n) is 2.11. The molecule has 0 bridgehead atoms. The molecule has 0 aliphatic heterocycles. The van der Waals surface area contributed by atoms with Crippen molar-refractivity contribution in [1.29, 1.82) is 0 Å². The summed E-state index contributed by atoms with van der Waals surface area (Å²) >= 11 is 1.02. The van der Waals surface area contributed by atoms with Crippen LogP contribution in [0, 0.1) is 6.07 Å². The van der Waals surface area contributed by atoms with Gasteiger partial charge >= 0.3 is 166 Å². The number of rotatable bonds is 6. The van der Waals surface area contributed by atoms with Crippen molar-refractivity contribution in [3.8, 4) is 0 Å². The van der Waals surface area contributed by atoms with Crippen molar-refractivity contribution >= 4 is 44.8 Å². The molecule has 27 heavy (non-hydrogen) atoms. The van der Waals surface area contributed by atoms with Gasteiger partial charge < -0.3 is 9.90 Å². The first-order valence-corrected chi connectivity index (χ1v) is 12.3. The molecule has 142 valence electrons. The summed E-state index contributed by atoms with van der Waals surface area (Å²) in [4.78, 5) is 8.89. The van der Waals surface area contributed by atoms with E-state index in [1.807, 2.05) is 0 Å².